The molecule has 0 aromatic heterocycles. The van der Waals surface area contributed by atoms with E-state index in [1.807, 2.05) is 0 Å². The fraction of sp³-hybridized carbons (Fsp3) is 0.778. The van der Waals surface area contributed by atoms with Crippen LogP contribution in [0.25, 0.3) is 0 Å². The highest BCUT2D eigenvalue weighted by Crippen LogP contribution is 2.11. The Morgan fingerprint density at radius 3 is 2.00 bits per heavy atom. The van der Waals surface area contributed by atoms with Gasteiger partial charge in [-0.15, -0.1) is 0 Å². The molecule has 94 valence electrons. The lowest BCUT2D eigenvalue weighted by Gasteiger charge is -2.28. The van der Waals surface area contributed by atoms with Crippen molar-refractivity contribution in [1.29, 1.82) is 0 Å². The molecule has 7 nitrogen and oxygen atoms in total. The van der Waals surface area contributed by atoms with Crippen LogP contribution in [0, 0.1) is 0 Å². The molecule has 0 spiro atoms. The minimum absolute atomic E-state index is 0.831. The summed E-state index contributed by atoms with van der Waals surface area (Å²) in [6, 6.07) is 0. The molecule has 0 heterocycles. The molecule has 7 heteroatoms. The maximum Gasteiger partial charge on any atom is 0.410 e. The van der Waals surface area contributed by atoms with Gasteiger partial charge in [-0.3, -0.25) is 5.32 Å². The number of rotatable bonds is 3. The Morgan fingerprint density at radius 1 is 1.31 bits per heavy atom. The first-order chi connectivity index (χ1) is 6.99. The normalized spacial score (nSPS) is 17.1. The van der Waals surface area contributed by atoms with Crippen molar-refractivity contribution in [2.75, 3.05) is 0 Å². The van der Waals surface area contributed by atoms with E-state index >= 15 is 0 Å². The van der Waals surface area contributed by atoms with E-state index in [1.165, 1.54) is 0 Å². The first-order valence-electron chi connectivity index (χ1n) is 4.64. The average molecular weight is 235 g/mol. The highest BCUT2D eigenvalue weighted by Gasteiger charge is 2.44. The number of carboxylic acids is 1. The van der Waals surface area contributed by atoms with Crippen LogP contribution in [0.3, 0.4) is 0 Å². The second kappa shape index (κ2) is 4.67. The summed E-state index contributed by atoms with van der Waals surface area (Å²) in [4.78, 5) is 21.9. The average Bonchev–Trinajstić information content (AvgIpc) is 1.98. The van der Waals surface area contributed by atoms with Gasteiger partial charge in [0.2, 0.25) is 0 Å². The second-order valence-electron chi connectivity index (χ2n) is 4.37. The molecular formula is C9H17NO6. The van der Waals surface area contributed by atoms with Crippen molar-refractivity contribution in [2.45, 2.75) is 45.1 Å². The molecule has 0 rings (SSSR count). The van der Waals surface area contributed by atoms with Gasteiger partial charge >= 0.3 is 12.1 Å². The van der Waals surface area contributed by atoms with Gasteiger partial charge in [0, 0.05) is 0 Å². The lowest BCUT2D eigenvalue weighted by molar-refractivity contribution is -0.175. The van der Waals surface area contributed by atoms with Crippen molar-refractivity contribution in [2.24, 2.45) is 0 Å². The third kappa shape index (κ3) is 4.03. The largest absolute Gasteiger partial charge is 0.478 e. The highest BCUT2D eigenvalue weighted by atomic mass is 16.6. The summed E-state index contributed by atoms with van der Waals surface area (Å²) >= 11 is 0. The van der Waals surface area contributed by atoms with Gasteiger partial charge in [-0.25, -0.2) is 9.59 Å². The van der Waals surface area contributed by atoms with Crippen molar-refractivity contribution in [1.82, 2.24) is 5.32 Å². The summed E-state index contributed by atoms with van der Waals surface area (Å²) in [5, 5.41) is 28.9. The fourth-order valence-corrected chi connectivity index (χ4v) is 0.796. The van der Waals surface area contributed by atoms with E-state index in [1.54, 1.807) is 26.1 Å². The van der Waals surface area contributed by atoms with Gasteiger partial charge in [0.25, 0.3) is 5.72 Å². The zero-order valence-electron chi connectivity index (χ0n) is 9.64. The molecule has 0 aliphatic carbocycles. The summed E-state index contributed by atoms with van der Waals surface area (Å²) in [5.41, 5.74) is -3.59. The summed E-state index contributed by atoms with van der Waals surface area (Å²) in [6.07, 6.45) is -2.81. The van der Waals surface area contributed by atoms with Gasteiger partial charge in [-0.05, 0) is 27.7 Å². The molecule has 0 radical (unpaired) electrons. The van der Waals surface area contributed by atoms with Crippen LogP contribution in [0.2, 0.25) is 0 Å². The van der Waals surface area contributed by atoms with Gasteiger partial charge in [0.15, 0.2) is 0 Å². The van der Waals surface area contributed by atoms with Crippen LogP contribution in [0.5, 0.6) is 0 Å². The number of carboxylic acid groups (broad SMARTS) is 1. The molecular weight excluding hydrogens is 218 g/mol. The van der Waals surface area contributed by atoms with Crippen molar-refractivity contribution in [3.8, 4) is 0 Å². The number of ether oxygens (including phenoxy) is 1. The molecule has 0 aromatic carbocycles. The van der Waals surface area contributed by atoms with Crippen LogP contribution in [0.15, 0.2) is 0 Å². The number of aliphatic carboxylic acids is 1. The van der Waals surface area contributed by atoms with Crippen molar-refractivity contribution >= 4 is 12.1 Å². The van der Waals surface area contributed by atoms with E-state index in [0.717, 1.165) is 6.92 Å². The van der Waals surface area contributed by atoms with E-state index in [2.05, 4.69) is 0 Å². The van der Waals surface area contributed by atoms with Crippen LogP contribution in [0.4, 0.5) is 4.79 Å². The third-order valence-electron chi connectivity index (χ3n) is 1.62. The molecule has 0 aliphatic rings. The van der Waals surface area contributed by atoms with Crippen molar-refractivity contribution in [3.63, 3.8) is 0 Å². The predicted molar refractivity (Wildman–Crippen MR) is 53.6 cm³/mol. The van der Waals surface area contributed by atoms with Crippen LogP contribution >= 0.6 is 0 Å². The topological polar surface area (TPSA) is 116 Å². The molecule has 0 saturated heterocycles. The molecule has 0 aliphatic heterocycles. The zero-order valence-corrected chi connectivity index (χ0v) is 9.64. The number of alkyl carbamates (subject to hydrolysis) is 1. The van der Waals surface area contributed by atoms with Gasteiger partial charge in [-0.1, -0.05) is 0 Å². The number of hydrogen-bond donors (Lipinski definition) is 4. The third-order valence-corrected chi connectivity index (χ3v) is 1.62. The van der Waals surface area contributed by atoms with Gasteiger partial charge in [0.1, 0.15) is 11.7 Å². The Bertz CT molecular complexity index is 282. The SMILES string of the molecule is CC(O)[C@](O)(NC(=O)OC(C)(C)C)C(=O)O. The molecule has 1 amide bonds. The molecule has 0 saturated carbocycles. The van der Waals surface area contributed by atoms with Crippen LogP contribution in [-0.2, 0) is 9.53 Å². The summed E-state index contributed by atoms with van der Waals surface area (Å²) in [6.45, 7) is 5.77. The van der Waals surface area contributed by atoms with Crippen LogP contribution in [-0.4, -0.2) is 44.8 Å². The monoisotopic (exact) mass is 235 g/mol. The number of carbonyl (C=O) groups is 2. The summed E-state index contributed by atoms with van der Waals surface area (Å²) in [7, 11) is 0. The van der Waals surface area contributed by atoms with Crippen molar-refractivity contribution in [3.05, 3.63) is 0 Å². The molecule has 0 bridgehead atoms. The van der Waals surface area contributed by atoms with E-state index in [9.17, 15) is 14.7 Å². The Kier molecular flexibility index (Phi) is 4.28. The number of carbonyl (C=O) groups excluding carboxylic acids is 1. The predicted octanol–water partition coefficient (Wildman–Crippen LogP) is -0.335. The Morgan fingerprint density at radius 2 is 1.75 bits per heavy atom. The molecule has 4 N–H and O–H groups in total. The molecule has 0 aromatic rings. The molecule has 16 heavy (non-hydrogen) atoms. The van der Waals surface area contributed by atoms with Gasteiger partial charge in [0.05, 0.1) is 0 Å². The Balaban J connectivity index is 4.68. The quantitative estimate of drug-likeness (QED) is 0.497. The molecule has 2 atom stereocenters. The number of aliphatic hydroxyl groups excluding tert-OH is 1. The summed E-state index contributed by atoms with van der Waals surface area (Å²) in [5.74, 6) is -1.77. The number of aliphatic hydroxyl groups is 2. The number of amides is 1. The van der Waals surface area contributed by atoms with Crippen LogP contribution in [0.1, 0.15) is 27.7 Å². The smallest absolute Gasteiger partial charge is 0.410 e. The molecule has 1 unspecified atom stereocenters. The summed E-state index contributed by atoms with van der Waals surface area (Å²) < 4.78 is 4.75. The minimum Gasteiger partial charge on any atom is -0.478 e. The molecule has 0 fully saturated rings. The highest BCUT2D eigenvalue weighted by molar-refractivity contribution is 5.83. The first kappa shape index (κ1) is 14.7. The van der Waals surface area contributed by atoms with Crippen molar-refractivity contribution < 1.29 is 29.6 Å². The van der Waals surface area contributed by atoms with E-state index in [0.29, 0.717) is 0 Å². The Hall–Kier alpha value is -1.34. The maximum absolute atomic E-state index is 11.2. The second-order valence-corrected chi connectivity index (χ2v) is 4.37. The number of hydrogen-bond acceptors (Lipinski definition) is 5. The standard InChI is InChI=1S/C9H17NO6/c1-5(11)9(15,6(12)13)10-7(14)16-8(2,3)4/h5,11,15H,1-4H3,(H,10,14)(H,12,13)/t5?,9-/m1/s1. The van der Waals surface area contributed by atoms with E-state index < -0.39 is 29.5 Å². The number of nitrogens with one attached hydrogen (secondary N) is 1. The maximum atomic E-state index is 11.2. The minimum atomic E-state index is -2.76. The van der Waals surface area contributed by atoms with Gasteiger partial charge in [-0.2, -0.15) is 0 Å². The fourth-order valence-electron chi connectivity index (χ4n) is 0.796. The lowest BCUT2D eigenvalue weighted by Crippen LogP contribution is -2.61. The first-order valence-corrected chi connectivity index (χ1v) is 4.64. The van der Waals surface area contributed by atoms with E-state index in [4.69, 9.17) is 14.9 Å². The van der Waals surface area contributed by atoms with Gasteiger partial charge < -0.3 is 20.1 Å². The zero-order chi connectivity index (χ0) is 13.1. The lowest BCUT2D eigenvalue weighted by atomic mass is 10.1. The van der Waals surface area contributed by atoms with Crippen LogP contribution < -0.4 is 5.32 Å². The Labute approximate surface area is 93.0 Å². The van der Waals surface area contributed by atoms with E-state index in [-0.39, 0.29) is 0 Å².